The third-order valence-electron chi connectivity index (χ3n) is 5.47. The zero-order valence-electron chi connectivity index (χ0n) is 18.0. The fourth-order valence-electron chi connectivity index (χ4n) is 3.77. The maximum atomic E-state index is 14.9. The number of fused-ring (bicyclic) bond motifs is 1. The Morgan fingerprint density at radius 2 is 2.06 bits per heavy atom. The number of nitrogens with zero attached hydrogens (tertiary/aromatic N) is 4. The Kier molecular flexibility index (Phi) is 6.56. The number of rotatable bonds is 6. The third-order valence-corrected chi connectivity index (χ3v) is 5.47. The highest BCUT2D eigenvalue weighted by molar-refractivity contribution is 5.94. The van der Waals surface area contributed by atoms with Crippen LogP contribution in [0.4, 0.5) is 10.1 Å². The molecule has 0 spiro atoms. The average molecular weight is 432 g/mol. The molecule has 0 amide bonds. The standard InChI is InChI=1S/C25H25FN4O2/c1-3-7-27-18(4-2)12-17-13-21(22(26)15-24(17)31)25-20-6-5-19(14-23(20)28-16-29-25)30-8-10-32-11-9-30/h3-7,13-16,31H,1,8-12H2,2H3/b18-4-,27-7?. The van der Waals surface area contributed by atoms with Crippen molar-refractivity contribution < 1.29 is 14.2 Å². The molecule has 2 heterocycles. The van der Waals surface area contributed by atoms with Gasteiger partial charge < -0.3 is 14.7 Å². The number of benzene rings is 2. The van der Waals surface area contributed by atoms with Crippen LogP contribution in [-0.2, 0) is 11.2 Å². The molecule has 3 aromatic rings. The Bertz CT molecular complexity index is 1200. The minimum Gasteiger partial charge on any atom is -0.508 e. The van der Waals surface area contributed by atoms with E-state index < -0.39 is 5.82 Å². The van der Waals surface area contributed by atoms with Gasteiger partial charge in [-0.15, -0.1) is 0 Å². The number of ether oxygens (including phenoxy) is 1. The molecule has 0 saturated carbocycles. The molecule has 1 aliphatic heterocycles. The van der Waals surface area contributed by atoms with Crippen molar-refractivity contribution in [3.05, 3.63) is 72.5 Å². The van der Waals surface area contributed by atoms with Crippen LogP contribution in [0.25, 0.3) is 22.2 Å². The summed E-state index contributed by atoms with van der Waals surface area (Å²) in [6.45, 7) is 8.51. The van der Waals surface area contributed by atoms with Gasteiger partial charge in [-0.2, -0.15) is 0 Å². The molecule has 0 atom stereocenters. The highest BCUT2D eigenvalue weighted by Gasteiger charge is 2.17. The Morgan fingerprint density at radius 1 is 1.25 bits per heavy atom. The van der Waals surface area contributed by atoms with E-state index in [-0.39, 0.29) is 5.75 Å². The van der Waals surface area contributed by atoms with E-state index in [0.29, 0.717) is 36.5 Å². The SMILES string of the molecule is C=CC=N/C(=C\C)Cc1cc(-c2ncnc3cc(N4CCOCC4)ccc23)c(F)cc1O. The summed E-state index contributed by atoms with van der Waals surface area (Å²) in [5.41, 5.74) is 3.88. The lowest BCUT2D eigenvalue weighted by Crippen LogP contribution is -2.36. The summed E-state index contributed by atoms with van der Waals surface area (Å²) in [5, 5.41) is 11.1. The van der Waals surface area contributed by atoms with Gasteiger partial charge in [-0.05, 0) is 31.2 Å². The normalized spacial score (nSPS) is 14.9. The zero-order chi connectivity index (χ0) is 22.5. The quantitative estimate of drug-likeness (QED) is 0.573. The van der Waals surface area contributed by atoms with Crippen LogP contribution < -0.4 is 4.90 Å². The molecule has 7 heteroatoms. The van der Waals surface area contributed by atoms with Crippen LogP contribution in [-0.4, -0.2) is 47.6 Å². The smallest absolute Gasteiger partial charge is 0.136 e. The first-order chi connectivity index (χ1) is 15.6. The molecular weight excluding hydrogens is 407 g/mol. The van der Waals surface area contributed by atoms with Gasteiger partial charge in [-0.3, -0.25) is 4.99 Å². The molecule has 0 bridgehead atoms. The maximum absolute atomic E-state index is 14.9. The molecule has 164 valence electrons. The minimum atomic E-state index is -0.542. The Balaban J connectivity index is 1.74. The molecule has 0 unspecified atom stereocenters. The highest BCUT2D eigenvalue weighted by Crippen LogP contribution is 2.34. The van der Waals surface area contributed by atoms with Crippen molar-refractivity contribution in [2.45, 2.75) is 13.3 Å². The number of phenolic OH excluding ortho intramolecular Hbond substituents is 1. The number of halogens is 1. The van der Waals surface area contributed by atoms with E-state index >= 15 is 0 Å². The predicted octanol–water partition coefficient (Wildman–Crippen LogP) is 4.68. The molecule has 4 rings (SSSR count). The van der Waals surface area contributed by atoms with Crippen LogP contribution in [0.15, 0.2) is 66.1 Å². The van der Waals surface area contributed by atoms with E-state index in [1.165, 1.54) is 6.33 Å². The number of hydrogen-bond donors (Lipinski definition) is 1. The van der Waals surface area contributed by atoms with Gasteiger partial charge in [-0.1, -0.05) is 18.7 Å². The monoisotopic (exact) mass is 432 g/mol. The molecule has 1 aromatic heterocycles. The number of aromatic nitrogens is 2. The van der Waals surface area contributed by atoms with Crippen molar-refractivity contribution in [2.75, 3.05) is 31.2 Å². The van der Waals surface area contributed by atoms with Crippen molar-refractivity contribution in [3.63, 3.8) is 0 Å². The van der Waals surface area contributed by atoms with Crippen LogP contribution in [0.1, 0.15) is 12.5 Å². The molecule has 32 heavy (non-hydrogen) atoms. The maximum Gasteiger partial charge on any atom is 0.136 e. The summed E-state index contributed by atoms with van der Waals surface area (Å²) in [5.74, 6) is -0.660. The highest BCUT2D eigenvalue weighted by atomic mass is 19.1. The van der Waals surface area contributed by atoms with Gasteiger partial charge >= 0.3 is 0 Å². The summed E-state index contributed by atoms with van der Waals surface area (Å²) in [7, 11) is 0. The number of anilines is 1. The first-order valence-electron chi connectivity index (χ1n) is 10.5. The van der Waals surface area contributed by atoms with E-state index in [4.69, 9.17) is 4.74 Å². The van der Waals surface area contributed by atoms with Crippen LogP contribution in [0.5, 0.6) is 5.75 Å². The van der Waals surface area contributed by atoms with E-state index in [1.54, 1.807) is 18.4 Å². The third kappa shape index (κ3) is 4.53. The second kappa shape index (κ2) is 9.70. The number of aliphatic imine (C=N–C) groups is 1. The van der Waals surface area contributed by atoms with Gasteiger partial charge in [0.2, 0.25) is 0 Å². The van der Waals surface area contributed by atoms with Crippen molar-refractivity contribution in [2.24, 2.45) is 4.99 Å². The number of phenols is 1. The topological polar surface area (TPSA) is 70.8 Å². The molecule has 0 aliphatic carbocycles. The summed E-state index contributed by atoms with van der Waals surface area (Å²) in [6.07, 6.45) is 6.80. The molecule has 1 N–H and O–H groups in total. The second-order valence-corrected chi connectivity index (χ2v) is 7.45. The molecule has 1 fully saturated rings. The van der Waals surface area contributed by atoms with Gasteiger partial charge in [0, 0.05) is 59.7 Å². The predicted molar refractivity (Wildman–Crippen MR) is 126 cm³/mol. The fourth-order valence-corrected chi connectivity index (χ4v) is 3.77. The number of allylic oxidation sites excluding steroid dienone is 3. The van der Waals surface area contributed by atoms with Crippen molar-refractivity contribution >= 4 is 22.8 Å². The van der Waals surface area contributed by atoms with Gasteiger partial charge in [-0.25, -0.2) is 14.4 Å². The van der Waals surface area contributed by atoms with Crippen LogP contribution in [0, 0.1) is 5.82 Å². The first kappa shape index (κ1) is 21.6. The lowest BCUT2D eigenvalue weighted by Gasteiger charge is -2.29. The average Bonchev–Trinajstić information content (AvgIpc) is 2.83. The largest absolute Gasteiger partial charge is 0.508 e. The number of hydrogen-bond acceptors (Lipinski definition) is 6. The molecule has 2 aromatic carbocycles. The minimum absolute atomic E-state index is 0.118. The van der Waals surface area contributed by atoms with Crippen molar-refractivity contribution in [3.8, 4) is 17.0 Å². The van der Waals surface area contributed by atoms with Gasteiger partial charge in [0.25, 0.3) is 0 Å². The van der Waals surface area contributed by atoms with Crippen LogP contribution in [0.2, 0.25) is 0 Å². The van der Waals surface area contributed by atoms with E-state index in [9.17, 15) is 9.50 Å². The first-order valence-corrected chi connectivity index (χ1v) is 10.5. The van der Waals surface area contributed by atoms with E-state index in [2.05, 4.69) is 26.4 Å². The molecule has 1 aliphatic rings. The number of morpholine rings is 1. The Labute approximate surface area is 186 Å². The summed E-state index contributed by atoms with van der Waals surface area (Å²) >= 11 is 0. The Morgan fingerprint density at radius 3 is 2.81 bits per heavy atom. The molecule has 1 saturated heterocycles. The summed E-state index contributed by atoms with van der Waals surface area (Å²) in [4.78, 5) is 15.3. The van der Waals surface area contributed by atoms with Gasteiger partial charge in [0.1, 0.15) is 17.9 Å². The fraction of sp³-hybridized carbons (Fsp3) is 0.240. The molecule has 0 radical (unpaired) electrons. The second-order valence-electron chi connectivity index (χ2n) is 7.45. The van der Waals surface area contributed by atoms with E-state index in [0.717, 1.165) is 41.4 Å². The molecule has 6 nitrogen and oxygen atoms in total. The van der Waals surface area contributed by atoms with Crippen molar-refractivity contribution in [1.82, 2.24) is 9.97 Å². The van der Waals surface area contributed by atoms with Crippen LogP contribution >= 0.6 is 0 Å². The lowest BCUT2D eigenvalue weighted by atomic mass is 10.00. The van der Waals surface area contributed by atoms with Crippen molar-refractivity contribution in [1.29, 1.82) is 0 Å². The van der Waals surface area contributed by atoms with E-state index in [1.807, 2.05) is 31.2 Å². The van der Waals surface area contributed by atoms with Crippen LogP contribution in [0.3, 0.4) is 0 Å². The van der Waals surface area contributed by atoms with Gasteiger partial charge in [0.05, 0.1) is 24.4 Å². The summed E-state index contributed by atoms with van der Waals surface area (Å²) in [6, 6.07) is 8.68. The lowest BCUT2D eigenvalue weighted by molar-refractivity contribution is 0.122. The Hall–Kier alpha value is -3.58. The van der Waals surface area contributed by atoms with Gasteiger partial charge in [0.15, 0.2) is 0 Å². The molecular formula is C25H25FN4O2. The summed E-state index contributed by atoms with van der Waals surface area (Å²) < 4.78 is 20.4. The zero-order valence-corrected chi connectivity index (χ0v) is 18.0. The number of aromatic hydroxyl groups is 1.